The highest BCUT2D eigenvalue weighted by Gasteiger charge is 2.30. The third-order valence-corrected chi connectivity index (χ3v) is 2.23. The Labute approximate surface area is 77.3 Å². The van der Waals surface area contributed by atoms with Gasteiger partial charge < -0.3 is 25.5 Å². The van der Waals surface area contributed by atoms with Gasteiger partial charge in [0.1, 0.15) is 0 Å². The van der Waals surface area contributed by atoms with Gasteiger partial charge in [-0.15, -0.1) is 0 Å². The van der Waals surface area contributed by atoms with Crippen LogP contribution < -0.4 is 0 Å². The summed E-state index contributed by atoms with van der Waals surface area (Å²) in [6, 6.07) is 0. The summed E-state index contributed by atoms with van der Waals surface area (Å²) < 4.78 is 0. The summed E-state index contributed by atoms with van der Waals surface area (Å²) in [7, 11) is 0. The number of hydrogen-bond acceptors (Lipinski definition) is 5. The fourth-order valence-electron chi connectivity index (χ4n) is 0.932. The van der Waals surface area contributed by atoms with Crippen LogP contribution >= 0.6 is 0 Å². The first kappa shape index (κ1) is 12.8. The molecule has 4 atom stereocenters. The van der Waals surface area contributed by atoms with Crippen LogP contribution in [0.3, 0.4) is 0 Å². The molecule has 0 radical (unpaired) electrons. The van der Waals surface area contributed by atoms with Gasteiger partial charge in [-0.3, -0.25) is 0 Å². The molecule has 5 N–H and O–H groups in total. The normalized spacial score (nSPS) is 21.2. The van der Waals surface area contributed by atoms with Crippen molar-refractivity contribution < 1.29 is 25.5 Å². The Balaban J connectivity index is 4.15. The van der Waals surface area contributed by atoms with Gasteiger partial charge in [0.15, 0.2) is 6.29 Å². The van der Waals surface area contributed by atoms with Crippen molar-refractivity contribution >= 4 is 0 Å². The van der Waals surface area contributed by atoms with Crippen molar-refractivity contribution in [2.75, 3.05) is 6.61 Å². The molecule has 0 bridgehead atoms. The van der Waals surface area contributed by atoms with Gasteiger partial charge >= 0.3 is 0 Å². The second kappa shape index (κ2) is 5.51. The lowest BCUT2D eigenvalue weighted by Crippen LogP contribution is -2.42. The Hall–Kier alpha value is -0.200. The molecule has 80 valence electrons. The molecule has 0 aliphatic rings. The maximum Gasteiger partial charge on any atom is 0.156 e. The lowest BCUT2D eigenvalue weighted by Gasteiger charge is -2.27. The van der Waals surface area contributed by atoms with Crippen molar-refractivity contribution in [3.05, 3.63) is 0 Å². The minimum atomic E-state index is -1.67. The summed E-state index contributed by atoms with van der Waals surface area (Å²) >= 11 is 0. The Morgan fingerprint density at radius 1 is 0.923 bits per heavy atom. The molecule has 0 aromatic heterocycles. The number of rotatable bonds is 5. The fraction of sp³-hybridized carbons (Fsp3) is 1.00. The maximum absolute atomic E-state index is 9.38. The van der Waals surface area contributed by atoms with Crippen LogP contribution in [-0.4, -0.2) is 50.6 Å². The lowest BCUT2D eigenvalue weighted by molar-refractivity contribution is -0.143. The van der Waals surface area contributed by atoms with Gasteiger partial charge in [-0.25, -0.2) is 0 Å². The molecule has 0 aromatic carbocycles. The Morgan fingerprint density at radius 3 is 1.69 bits per heavy atom. The van der Waals surface area contributed by atoms with E-state index in [0.717, 1.165) is 0 Å². The first-order chi connectivity index (χ1) is 5.91. The van der Waals surface area contributed by atoms with Crippen molar-refractivity contribution in [2.24, 2.45) is 11.8 Å². The molecule has 5 heteroatoms. The summed E-state index contributed by atoms with van der Waals surface area (Å²) in [6.07, 6.45) is -4.07. The minimum Gasteiger partial charge on any atom is -0.396 e. The van der Waals surface area contributed by atoms with E-state index in [1.54, 1.807) is 6.92 Å². The monoisotopic (exact) mass is 194 g/mol. The molecule has 0 spiro atoms. The van der Waals surface area contributed by atoms with Gasteiger partial charge in [-0.1, -0.05) is 13.8 Å². The number of aliphatic hydroxyl groups excluding tert-OH is 4. The van der Waals surface area contributed by atoms with Crippen LogP contribution in [0.2, 0.25) is 0 Å². The van der Waals surface area contributed by atoms with Crippen molar-refractivity contribution in [3.8, 4) is 0 Å². The van der Waals surface area contributed by atoms with E-state index in [0.29, 0.717) is 0 Å². The third-order valence-electron chi connectivity index (χ3n) is 2.23. The summed E-state index contributed by atoms with van der Waals surface area (Å²) in [5.74, 6) is -1.33. The molecule has 13 heavy (non-hydrogen) atoms. The Bertz CT molecular complexity index is 138. The molecule has 0 rings (SSSR count). The van der Waals surface area contributed by atoms with E-state index in [1.165, 1.54) is 6.92 Å². The van der Waals surface area contributed by atoms with Gasteiger partial charge in [-0.05, 0) is 0 Å². The number of hydrogen-bond donors (Lipinski definition) is 5. The van der Waals surface area contributed by atoms with Crippen LogP contribution in [0.5, 0.6) is 0 Å². The second-order valence-electron chi connectivity index (χ2n) is 3.41. The quantitative estimate of drug-likeness (QED) is 0.335. The molecule has 0 amide bonds. The molecule has 0 aliphatic heterocycles. The summed E-state index contributed by atoms with van der Waals surface area (Å²) in [4.78, 5) is 0. The van der Waals surface area contributed by atoms with E-state index < -0.39 is 30.3 Å². The first-order valence-corrected chi connectivity index (χ1v) is 4.25. The molecule has 0 aromatic rings. The number of aliphatic hydroxyl groups is 5. The van der Waals surface area contributed by atoms with Crippen LogP contribution in [0.15, 0.2) is 0 Å². The molecular formula is C8H18O5. The van der Waals surface area contributed by atoms with E-state index in [-0.39, 0.29) is 6.61 Å². The molecule has 0 saturated carbocycles. The molecule has 2 unspecified atom stereocenters. The zero-order chi connectivity index (χ0) is 10.6. The van der Waals surface area contributed by atoms with Gasteiger partial charge in [-0.2, -0.15) is 0 Å². The SMILES string of the molecule is CC(CO)[C@@H](O)[C@H](O)C(C)C(O)O. The second-order valence-corrected chi connectivity index (χ2v) is 3.41. The predicted octanol–water partition coefficient (Wildman–Crippen LogP) is -1.72. The molecule has 0 saturated heterocycles. The lowest BCUT2D eigenvalue weighted by atomic mass is 9.92. The predicted molar refractivity (Wildman–Crippen MR) is 45.7 cm³/mol. The van der Waals surface area contributed by atoms with Crippen LogP contribution in [0, 0.1) is 11.8 Å². The highest BCUT2D eigenvalue weighted by atomic mass is 16.5. The third kappa shape index (κ3) is 3.58. The highest BCUT2D eigenvalue weighted by Crippen LogP contribution is 2.16. The summed E-state index contributed by atoms with van der Waals surface area (Å²) in [6.45, 7) is 2.71. The van der Waals surface area contributed by atoms with Crippen molar-refractivity contribution in [1.82, 2.24) is 0 Å². The van der Waals surface area contributed by atoms with Crippen LogP contribution in [0.1, 0.15) is 13.8 Å². The van der Waals surface area contributed by atoms with E-state index >= 15 is 0 Å². The average Bonchev–Trinajstić information content (AvgIpc) is 2.12. The molecule has 5 nitrogen and oxygen atoms in total. The molecule has 0 heterocycles. The highest BCUT2D eigenvalue weighted by molar-refractivity contribution is 4.77. The Morgan fingerprint density at radius 2 is 1.38 bits per heavy atom. The fourth-order valence-corrected chi connectivity index (χ4v) is 0.932. The van der Waals surface area contributed by atoms with Crippen LogP contribution in [0.4, 0.5) is 0 Å². The van der Waals surface area contributed by atoms with Crippen LogP contribution in [-0.2, 0) is 0 Å². The minimum absolute atomic E-state index is 0.257. The van der Waals surface area contributed by atoms with Gasteiger partial charge in [0, 0.05) is 18.4 Å². The van der Waals surface area contributed by atoms with Crippen molar-refractivity contribution in [2.45, 2.75) is 32.3 Å². The van der Waals surface area contributed by atoms with Gasteiger partial charge in [0.2, 0.25) is 0 Å². The summed E-state index contributed by atoms with van der Waals surface area (Å²) in [5.41, 5.74) is 0. The molecule has 0 fully saturated rings. The smallest absolute Gasteiger partial charge is 0.156 e. The van der Waals surface area contributed by atoms with Gasteiger partial charge in [0.25, 0.3) is 0 Å². The van der Waals surface area contributed by atoms with Gasteiger partial charge in [0.05, 0.1) is 12.2 Å². The van der Waals surface area contributed by atoms with Crippen LogP contribution in [0.25, 0.3) is 0 Å². The maximum atomic E-state index is 9.38. The van der Waals surface area contributed by atoms with E-state index in [1.807, 2.05) is 0 Å². The standard InChI is InChI=1S/C8H18O5/c1-4(3-9)6(10)7(11)5(2)8(12)13/h4-13H,3H2,1-2H3/t4?,5?,6-,7-/m1/s1. The van der Waals surface area contributed by atoms with Crippen molar-refractivity contribution in [1.29, 1.82) is 0 Å². The zero-order valence-electron chi connectivity index (χ0n) is 7.83. The van der Waals surface area contributed by atoms with Crippen molar-refractivity contribution in [3.63, 3.8) is 0 Å². The molecule has 0 aliphatic carbocycles. The largest absolute Gasteiger partial charge is 0.396 e. The topological polar surface area (TPSA) is 101 Å². The first-order valence-electron chi connectivity index (χ1n) is 4.25. The summed E-state index contributed by atoms with van der Waals surface area (Å²) in [5, 5.41) is 44.9. The zero-order valence-corrected chi connectivity index (χ0v) is 7.83. The van der Waals surface area contributed by atoms with E-state index in [4.69, 9.17) is 15.3 Å². The van der Waals surface area contributed by atoms with E-state index in [9.17, 15) is 10.2 Å². The average molecular weight is 194 g/mol. The molecular weight excluding hydrogens is 176 g/mol. The van der Waals surface area contributed by atoms with E-state index in [2.05, 4.69) is 0 Å². The Kier molecular flexibility index (Phi) is 5.43.